The highest BCUT2D eigenvalue weighted by molar-refractivity contribution is 6.68. The summed E-state index contributed by atoms with van der Waals surface area (Å²) in [6, 6.07) is 31.8. The SMILES string of the molecule is Bc1c(B)c(B)c(-c2ccc3oc4cccc(/C=N/C(=N\C(=N)c5ccccc5)c5ccccc5)c4c3c2)c(B)c1B. The zero-order valence-corrected chi connectivity index (χ0v) is 24.6. The molecule has 42 heavy (non-hydrogen) atoms. The zero-order valence-electron chi connectivity index (χ0n) is 24.6. The first-order chi connectivity index (χ1) is 20.3. The number of benzene rings is 5. The van der Waals surface area contributed by atoms with Crippen LogP contribution < -0.4 is 27.3 Å². The summed E-state index contributed by atoms with van der Waals surface area (Å²) in [5.74, 6) is 0.643. The zero-order chi connectivity index (χ0) is 29.4. The molecule has 0 atom stereocenters. The lowest BCUT2D eigenvalue weighted by Gasteiger charge is -2.20. The molecule has 1 aromatic heterocycles. The van der Waals surface area contributed by atoms with Crippen molar-refractivity contribution in [2.45, 2.75) is 0 Å². The molecule has 196 valence electrons. The number of nitrogens with zero attached hydrogens (tertiary/aromatic N) is 2. The van der Waals surface area contributed by atoms with Crippen molar-refractivity contribution in [3.63, 3.8) is 0 Å². The van der Waals surface area contributed by atoms with Crippen LogP contribution in [0.4, 0.5) is 0 Å². The number of hydrogen-bond donors (Lipinski definition) is 1. The quantitative estimate of drug-likeness (QED) is 0.183. The van der Waals surface area contributed by atoms with Crippen LogP contribution in [-0.4, -0.2) is 57.1 Å². The maximum atomic E-state index is 8.61. The Balaban J connectivity index is 1.49. The van der Waals surface area contributed by atoms with Crippen LogP contribution in [0.15, 0.2) is 111 Å². The second-order valence-corrected chi connectivity index (χ2v) is 10.8. The molecule has 6 aromatic rings. The Morgan fingerprint density at radius 3 is 1.93 bits per heavy atom. The Kier molecular flexibility index (Phi) is 7.34. The lowest BCUT2D eigenvalue weighted by molar-refractivity contribution is 0.669. The van der Waals surface area contributed by atoms with E-state index in [0.717, 1.165) is 38.6 Å². The van der Waals surface area contributed by atoms with Crippen molar-refractivity contribution >= 4 is 106 Å². The maximum absolute atomic E-state index is 8.61. The second-order valence-electron chi connectivity index (χ2n) is 10.8. The van der Waals surface area contributed by atoms with Gasteiger partial charge in [-0.3, -0.25) is 5.41 Å². The first-order valence-corrected chi connectivity index (χ1v) is 14.2. The molecule has 0 spiro atoms. The normalized spacial score (nSPS) is 12.0. The molecule has 4 nitrogen and oxygen atoms in total. The maximum Gasteiger partial charge on any atom is 0.161 e. The number of rotatable bonds is 4. The van der Waals surface area contributed by atoms with Crippen molar-refractivity contribution in [3.05, 3.63) is 114 Å². The summed E-state index contributed by atoms with van der Waals surface area (Å²) in [5.41, 5.74) is 13.3. The van der Waals surface area contributed by atoms with E-state index in [2.05, 4.69) is 68.5 Å². The summed E-state index contributed by atoms with van der Waals surface area (Å²) in [7, 11) is 11.1. The fourth-order valence-electron chi connectivity index (χ4n) is 5.70. The van der Waals surface area contributed by atoms with Gasteiger partial charge in [-0.1, -0.05) is 89.8 Å². The summed E-state index contributed by atoms with van der Waals surface area (Å²) in [6.45, 7) is 0. The molecule has 0 aliphatic carbocycles. The minimum atomic E-state index is 0.164. The third kappa shape index (κ3) is 4.96. The van der Waals surface area contributed by atoms with E-state index in [9.17, 15) is 0 Å². The first-order valence-electron chi connectivity index (χ1n) is 14.2. The Hall–Kier alpha value is -4.77. The van der Waals surface area contributed by atoms with E-state index in [1.54, 1.807) is 0 Å². The molecule has 0 amide bonds. The lowest BCUT2D eigenvalue weighted by Crippen LogP contribution is -2.55. The molecule has 0 radical (unpaired) electrons. The van der Waals surface area contributed by atoms with Gasteiger partial charge in [0.05, 0.1) is 0 Å². The van der Waals surface area contributed by atoms with Crippen LogP contribution in [0.5, 0.6) is 0 Å². The Bertz CT molecular complexity index is 2020. The highest BCUT2D eigenvalue weighted by Gasteiger charge is 2.16. The summed E-state index contributed by atoms with van der Waals surface area (Å²) in [6.07, 6.45) is 1.84. The molecule has 9 heteroatoms. The largest absolute Gasteiger partial charge is 0.456 e. The fraction of sp³-hybridized carbons (Fsp3) is 0. The molecule has 1 heterocycles. The van der Waals surface area contributed by atoms with E-state index < -0.39 is 0 Å². The van der Waals surface area contributed by atoms with Gasteiger partial charge in [0, 0.05) is 33.7 Å². The van der Waals surface area contributed by atoms with Crippen LogP contribution >= 0.6 is 0 Å². The van der Waals surface area contributed by atoms with Crippen LogP contribution in [0.25, 0.3) is 33.1 Å². The second kappa shape index (κ2) is 11.3. The third-order valence-corrected chi connectivity index (χ3v) is 8.44. The van der Waals surface area contributed by atoms with Gasteiger partial charge in [-0.2, -0.15) is 0 Å². The standard InChI is InChI=1S/C33H28B5N3O/c34-27-26(28(35)30(37)31(38)29(27)36)20-14-15-23-22(16-20)25-21(12-7-13-24(25)42-23)17-40-33(19-10-5-2-6-11-19)41-32(39)18-8-3-1-4-9-18/h1-17,39H,34-38H2/b39-32?,40-17+,41-33-. The molecular formula is C33H28B5N3O. The molecule has 0 aliphatic rings. The van der Waals surface area contributed by atoms with E-state index in [1.807, 2.05) is 79.0 Å². The molecule has 0 saturated carbocycles. The molecule has 6 rings (SSSR count). The third-order valence-electron chi connectivity index (χ3n) is 8.44. The van der Waals surface area contributed by atoms with Gasteiger partial charge in [0.2, 0.25) is 0 Å². The van der Waals surface area contributed by atoms with Gasteiger partial charge in [-0.15, -0.1) is 16.4 Å². The predicted octanol–water partition coefficient (Wildman–Crippen LogP) is -0.564. The molecule has 1 N–H and O–H groups in total. The number of fused-ring (bicyclic) bond motifs is 3. The van der Waals surface area contributed by atoms with Crippen LogP contribution in [-0.2, 0) is 0 Å². The molecule has 0 aliphatic heterocycles. The predicted molar refractivity (Wildman–Crippen MR) is 194 cm³/mol. The minimum absolute atomic E-state index is 0.164. The van der Waals surface area contributed by atoms with Crippen LogP contribution in [0.1, 0.15) is 16.7 Å². The molecule has 5 aromatic carbocycles. The van der Waals surface area contributed by atoms with Crippen molar-refractivity contribution in [2.75, 3.05) is 0 Å². The van der Waals surface area contributed by atoms with Gasteiger partial charge < -0.3 is 4.42 Å². The van der Waals surface area contributed by atoms with Gasteiger partial charge >= 0.3 is 0 Å². The van der Waals surface area contributed by atoms with Gasteiger partial charge in [-0.25, -0.2) is 9.98 Å². The van der Waals surface area contributed by atoms with Crippen molar-refractivity contribution in [1.82, 2.24) is 0 Å². The number of aliphatic imine (C=N–C) groups is 2. The lowest BCUT2D eigenvalue weighted by atomic mass is 9.59. The van der Waals surface area contributed by atoms with Gasteiger partial charge in [-0.05, 0) is 29.3 Å². The number of amidine groups is 2. The smallest absolute Gasteiger partial charge is 0.161 e. The summed E-state index contributed by atoms with van der Waals surface area (Å²) >= 11 is 0. The summed E-state index contributed by atoms with van der Waals surface area (Å²) in [5, 5.41) is 10.7. The molecule has 0 fully saturated rings. The van der Waals surface area contributed by atoms with Crippen molar-refractivity contribution < 1.29 is 4.42 Å². The van der Waals surface area contributed by atoms with E-state index in [0.29, 0.717) is 5.84 Å². The van der Waals surface area contributed by atoms with E-state index in [-0.39, 0.29) is 5.84 Å². The summed E-state index contributed by atoms with van der Waals surface area (Å²) < 4.78 is 6.30. The molecular weight excluding hydrogens is 508 g/mol. The number of nitrogens with one attached hydrogen (secondary N) is 1. The van der Waals surface area contributed by atoms with Crippen LogP contribution in [0.2, 0.25) is 0 Å². The van der Waals surface area contributed by atoms with E-state index >= 15 is 0 Å². The highest BCUT2D eigenvalue weighted by atomic mass is 16.3. The first kappa shape index (κ1) is 27.4. The van der Waals surface area contributed by atoms with E-state index in [4.69, 9.17) is 14.8 Å². The van der Waals surface area contributed by atoms with Crippen molar-refractivity contribution in [1.29, 1.82) is 5.41 Å². The van der Waals surface area contributed by atoms with Crippen molar-refractivity contribution in [2.24, 2.45) is 9.98 Å². The van der Waals surface area contributed by atoms with Gasteiger partial charge in [0.25, 0.3) is 0 Å². The topological polar surface area (TPSA) is 61.7 Å². The average molecular weight is 537 g/mol. The number of furan rings is 1. The summed E-state index contributed by atoms with van der Waals surface area (Å²) in [4.78, 5) is 9.49. The molecule has 0 saturated heterocycles. The molecule has 0 unspecified atom stereocenters. The Labute approximate surface area is 250 Å². The Morgan fingerprint density at radius 1 is 0.643 bits per heavy atom. The van der Waals surface area contributed by atoms with Gasteiger partial charge in [0.1, 0.15) is 50.4 Å². The van der Waals surface area contributed by atoms with Crippen molar-refractivity contribution in [3.8, 4) is 11.1 Å². The van der Waals surface area contributed by atoms with Gasteiger partial charge in [0.15, 0.2) is 11.7 Å². The van der Waals surface area contributed by atoms with Crippen LogP contribution in [0.3, 0.4) is 0 Å². The minimum Gasteiger partial charge on any atom is -0.456 e. The monoisotopic (exact) mass is 537 g/mol. The Morgan fingerprint density at radius 2 is 1.26 bits per heavy atom. The fourth-order valence-corrected chi connectivity index (χ4v) is 5.70. The van der Waals surface area contributed by atoms with Crippen LogP contribution in [0, 0.1) is 5.41 Å². The van der Waals surface area contributed by atoms with E-state index in [1.165, 1.54) is 38.4 Å². The average Bonchev–Trinajstić information content (AvgIpc) is 3.40. The highest BCUT2D eigenvalue weighted by Crippen LogP contribution is 2.33. The number of hydrogen-bond acceptors (Lipinski definition) is 2. The molecule has 0 bridgehead atoms.